The highest BCUT2D eigenvalue weighted by molar-refractivity contribution is 5.97. The fraction of sp³-hybridized carbons (Fsp3) is 0.286. The van der Waals surface area contributed by atoms with E-state index in [1.807, 2.05) is 30.3 Å². The van der Waals surface area contributed by atoms with E-state index in [4.69, 9.17) is 4.74 Å². The minimum absolute atomic E-state index is 0.120. The van der Waals surface area contributed by atoms with Crippen molar-refractivity contribution >= 4 is 17.5 Å². The first-order valence-electron chi connectivity index (χ1n) is 9.31. The number of carbonyl (C=O) groups is 2. The first-order valence-corrected chi connectivity index (χ1v) is 9.31. The normalized spacial score (nSPS) is 17.2. The Balaban J connectivity index is 1.67. The minimum Gasteiger partial charge on any atom is -0.497 e. The molecule has 144 valence electrons. The van der Waals surface area contributed by atoms with Crippen molar-refractivity contribution in [3.63, 3.8) is 0 Å². The first-order chi connectivity index (χ1) is 13.7. The average molecular weight is 378 g/mol. The van der Waals surface area contributed by atoms with Gasteiger partial charge in [-0.25, -0.2) is 4.98 Å². The van der Waals surface area contributed by atoms with Crippen molar-refractivity contribution in [1.82, 2.24) is 19.6 Å². The van der Waals surface area contributed by atoms with Crippen LogP contribution in [0.4, 0.5) is 0 Å². The second-order valence-electron chi connectivity index (χ2n) is 6.79. The van der Waals surface area contributed by atoms with E-state index in [2.05, 4.69) is 10.3 Å². The number of benzene rings is 1. The van der Waals surface area contributed by atoms with Crippen LogP contribution in [0, 0.1) is 0 Å². The summed E-state index contributed by atoms with van der Waals surface area (Å²) in [6.45, 7) is 1.08. The van der Waals surface area contributed by atoms with Gasteiger partial charge in [-0.1, -0.05) is 30.3 Å². The van der Waals surface area contributed by atoms with Crippen LogP contribution >= 0.6 is 0 Å². The van der Waals surface area contributed by atoms with Crippen LogP contribution in [0.1, 0.15) is 22.5 Å². The molecular weight excluding hydrogens is 356 g/mol. The predicted molar refractivity (Wildman–Crippen MR) is 104 cm³/mol. The molecule has 3 aromatic rings. The van der Waals surface area contributed by atoms with Crippen molar-refractivity contribution in [1.29, 1.82) is 0 Å². The van der Waals surface area contributed by atoms with Crippen LogP contribution in [0.5, 0.6) is 5.75 Å². The number of aromatic nitrogens is 2. The van der Waals surface area contributed by atoms with E-state index < -0.39 is 6.04 Å². The maximum atomic E-state index is 13.4. The molecule has 4 rings (SSSR count). The summed E-state index contributed by atoms with van der Waals surface area (Å²) in [6, 6.07) is 12.8. The number of nitrogens with one attached hydrogen (secondary N) is 1. The highest BCUT2D eigenvalue weighted by atomic mass is 16.5. The third-order valence-corrected chi connectivity index (χ3v) is 5.03. The fourth-order valence-electron chi connectivity index (χ4n) is 3.55. The van der Waals surface area contributed by atoms with Crippen LogP contribution in [-0.4, -0.2) is 52.3 Å². The van der Waals surface area contributed by atoms with Crippen molar-refractivity contribution in [3.8, 4) is 5.75 Å². The van der Waals surface area contributed by atoms with Crippen molar-refractivity contribution in [2.24, 2.45) is 0 Å². The second kappa shape index (κ2) is 7.72. The molecule has 3 heterocycles. The molecule has 28 heavy (non-hydrogen) atoms. The number of hydrogen-bond acceptors (Lipinski definition) is 4. The number of methoxy groups -OCH3 is 1. The van der Waals surface area contributed by atoms with E-state index in [0.29, 0.717) is 43.0 Å². The lowest BCUT2D eigenvalue weighted by atomic mass is 10.0. The summed E-state index contributed by atoms with van der Waals surface area (Å²) >= 11 is 0. The number of ether oxygens (including phenoxy) is 1. The summed E-state index contributed by atoms with van der Waals surface area (Å²) in [4.78, 5) is 32.1. The Bertz CT molecular complexity index is 999. The van der Waals surface area contributed by atoms with E-state index in [1.165, 1.54) is 0 Å². The quantitative estimate of drug-likeness (QED) is 0.753. The number of rotatable bonds is 4. The fourth-order valence-corrected chi connectivity index (χ4v) is 3.55. The lowest BCUT2D eigenvalue weighted by molar-refractivity contribution is -0.124. The molecule has 1 aliphatic heterocycles. The molecule has 1 atom stereocenters. The van der Waals surface area contributed by atoms with E-state index in [9.17, 15) is 9.59 Å². The first kappa shape index (κ1) is 18.0. The molecule has 0 aliphatic carbocycles. The third kappa shape index (κ3) is 3.43. The van der Waals surface area contributed by atoms with Crippen molar-refractivity contribution in [2.45, 2.75) is 18.9 Å². The van der Waals surface area contributed by atoms with Gasteiger partial charge in [-0.3, -0.25) is 14.0 Å². The number of carbonyl (C=O) groups excluding carboxylic acids is 2. The molecule has 1 N–H and O–H groups in total. The summed E-state index contributed by atoms with van der Waals surface area (Å²) in [5.41, 5.74) is 2.08. The number of fused-ring (bicyclic) bond motifs is 1. The topological polar surface area (TPSA) is 75.9 Å². The van der Waals surface area contributed by atoms with Crippen molar-refractivity contribution in [2.75, 3.05) is 20.2 Å². The zero-order valence-corrected chi connectivity index (χ0v) is 15.7. The van der Waals surface area contributed by atoms with E-state index in [1.54, 1.807) is 40.9 Å². The largest absolute Gasteiger partial charge is 0.497 e. The molecular formula is C21H22N4O3. The Morgan fingerprint density at radius 2 is 2.11 bits per heavy atom. The predicted octanol–water partition coefficient (Wildman–Crippen LogP) is 1.92. The van der Waals surface area contributed by atoms with Gasteiger partial charge in [0.05, 0.1) is 13.3 Å². The molecule has 1 fully saturated rings. The summed E-state index contributed by atoms with van der Waals surface area (Å²) < 4.78 is 6.95. The number of nitrogens with zero attached hydrogens (tertiary/aromatic N) is 3. The molecule has 2 aromatic heterocycles. The Morgan fingerprint density at radius 1 is 1.29 bits per heavy atom. The second-order valence-corrected chi connectivity index (χ2v) is 6.79. The lowest BCUT2D eigenvalue weighted by Crippen LogP contribution is -2.48. The van der Waals surface area contributed by atoms with Crippen LogP contribution in [0.3, 0.4) is 0 Å². The number of pyridine rings is 1. The zero-order chi connectivity index (χ0) is 19.5. The zero-order valence-electron chi connectivity index (χ0n) is 15.7. The van der Waals surface area contributed by atoms with Gasteiger partial charge in [-0.2, -0.15) is 0 Å². The smallest absolute Gasteiger partial charge is 0.273 e. The number of hydrogen-bond donors (Lipinski definition) is 1. The molecule has 0 spiro atoms. The Labute approximate surface area is 162 Å². The van der Waals surface area contributed by atoms with Crippen LogP contribution in [0.25, 0.3) is 5.65 Å². The molecule has 0 bridgehead atoms. The van der Waals surface area contributed by atoms with Crippen molar-refractivity contribution < 1.29 is 14.3 Å². The van der Waals surface area contributed by atoms with E-state index in [0.717, 1.165) is 5.56 Å². The maximum Gasteiger partial charge on any atom is 0.273 e. The number of amides is 2. The number of imidazole rings is 1. The van der Waals surface area contributed by atoms with Crippen LogP contribution in [-0.2, 0) is 11.2 Å². The summed E-state index contributed by atoms with van der Waals surface area (Å²) in [7, 11) is 1.59. The maximum absolute atomic E-state index is 13.4. The minimum atomic E-state index is -0.554. The molecule has 1 aromatic carbocycles. The summed E-state index contributed by atoms with van der Waals surface area (Å²) in [6.07, 6.45) is 4.51. The molecule has 7 heteroatoms. The molecule has 0 saturated carbocycles. The SMILES string of the molecule is COc1ccn2c(C(=O)N3CCCNC(=O)C3Cc3ccccc3)cnc2c1. The molecule has 1 saturated heterocycles. The molecule has 1 unspecified atom stereocenters. The lowest BCUT2D eigenvalue weighted by Gasteiger charge is -2.28. The molecule has 2 amide bonds. The molecule has 1 aliphatic rings. The van der Waals surface area contributed by atoms with Crippen molar-refractivity contribution in [3.05, 3.63) is 66.1 Å². The van der Waals surface area contributed by atoms with Gasteiger partial charge in [-0.15, -0.1) is 0 Å². The summed E-state index contributed by atoms with van der Waals surface area (Å²) in [5, 5.41) is 2.93. The van der Waals surface area contributed by atoms with Gasteiger partial charge in [0.25, 0.3) is 5.91 Å². The highest BCUT2D eigenvalue weighted by Gasteiger charge is 2.33. The van der Waals surface area contributed by atoms with Crippen LogP contribution < -0.4 is 10.1 Å². The van der Waals surface area contributed by atoms with Gasteiger partial charge in [0.2, 0.25) is 5.91 Å². The van der Waals surface area contributed by atoms with Gasteiger partial charge in [-0.05, 0) is 18.1 Å². The Kier molecular flexibility index (Phi) is 4.97. The average Bonchev–Trinajstić information content (AvgIpc) is 3.07. The molecule has 0 radical (unpaired) electrons. The van der Waals surface area contributed by atoms with Gasteiger partial charge < -0.3 is 15.0 Å². The van der Waals surface area contributed by atoms with Gasteiger partial charge in [0.1, 0.15) is 23.1 Å². The third-order valence-electron chi connectivity index (χ3n) is 5.03. The van der Waals surface area contributed by atoms with Gasteiger partial charge in [0.15, 0.2) is 0 Å². The van der Waals surface area contributed by atoms with Crippen LogP contribution in [0.15, 0.2) is 54.9 Å². The van der Waals surface area contributed by atoms with Crippen LogP contribution in [0.2, 0.25) is 0 Å². The summed E-state index contributed by atoms with van der Waals surface area (Å²) in [5.74, 6) is 0.356. The van der Waals surface area contributed by atoms with Gasteiger partial charge in [0, 0.05) is 31.8 Å². The van der Waals surface area contributed by atoms with Gasteiger partial charge >= 0.3 is 0 Å². The Hall–Kier alpha value is -3.35. The highest BCUT2D eigenvalue weighted by Crippen LogP contribution is 2.19. The Morgan fingerprint density at radius 3 is 2.89 bits per heavy atom. The monoisotopic (exact) mass is 378 g/mol. The van der Waals surface area contributed by atoms with E-state index in [-0.39, 0.29) is 11.8 Å². The standard InChI is InChI=1S/C21H22N4O3/c1-28-16-8-11-24-18(14-23-19(24)13-16)21(27)25-10-5-9-22-20(26)17(25)12-15-6-3-2-4-7-15/h2-4,6-8,11,13-14,17H,5,9-10,12H2,1H3,(H,22,26). The van der Waals surface area contributed by atoms with E-state index >= 15 is 0 Å². The molecule has 7 nitrogen and oxygen atoms in total.